The van der Waals surface area contributed by atoms with E-state index in [2.05, 4.69) is 10.3 Å². The first kappa shape index (κ1) is 12.3. The molecule has 4 nitrogen and oxygen atoms in total. The molecule has 0 saturated heterocycles. The number of rotatable bonds is 5. The van der Waals surface area contributed by atoms with Gasteiger partial charge in [0.05, 0.1) is 18.0 Å². The van der Waals surface area contributed by atoms with Crippen LogP contribution >= 0.6 is 12.2 Å². The molecular weight excluding hydrogens is 234 g/mol. The normalized spacial score (nSPS) is 22.9. The molecule has 1 saturated carbocycles. The van der Waals surface area contributed by atoms with E-state index in [-0.39, 0.29) is 0 Å². The lowest BCUT2D eigenvalue weighted by atomic mass is 9.89. The van der Waals surface area contributed by atoms with Crippen molar-refractivity contribution in [2.45, 2.75) is 31.9 Å². The minimum Gasteiger partial charge on any atom is -0.389 e. The van der Waals surface area contributed by atoms with Crippen molar-refractivity contribution in [3.63, 3.8) is 0 Å². The van der Waals surface area contributed by atoms with Crippen LogP contribution in [-0.2, 0) is 4.74 Å². The van der Waals surface area contributed by atoms with Crippen molar-refractivity contribution in [3.8, 4) is 0 Å². The van der Waals surface area contributed by atoms with Crippen molar-refractivity contribution in [1.29, 1.82) is 0 Å². The summed E-state index contributed by atoms with van der Waals surface area (Å²) in [7, 11) is 0. The maximum absolute atomic E-state index is 5.66. The molecule has 5 heteroatoms. The lowest BCUT2D eigenvalue weighted by Gasteiger charge is -2.36. The van der Waals surface area contributed by atoms with Crippen molar-refractivity contribution in [2.24, 2.45) is 5.73 Å². The van der Waals surface area contributed by atoms with Crippen LogP contribution in [0.4, 0.5) is 5.69 Å². The molecule has 0 radical (unpaired) electrons. The second-order valence-corrected chi connectivity index (χ2v) is 4.62. The van der Waals surface area contributed by atoms with Crippen LogP contribution in [0.15, 0.2) is 18.5 Å². The molecule has 2 rings (SSSR count). The summed E-state index contributed by atoms with van der Waals surface area (Å²) in [5.74, 6) is 0. The van der Waals surface area contributed by atoms with Crippen LogP contribution in [0.5, 0.6) is 0 Å². The average molecular weight is 251 g/mol. The van der Waals surface area contributed by atoms with E-state index in [1.54, 1.807) is 12.4 Å². The third-order valence-corrected chi connectivity index (χ3v) is 3.16. The second kappa shape index (κ2) is 5.42. The Hall–Kier alpha value is -1.20. The van der Waals surface area contributed by atoms with Crippen LogP contribution in [-0.4, -0.2) is 28.7 Å². The Morgan fingerprint density at radius 2 is 2.41 bits per heavy atom. The van der Waals surface area contributed by atoms with Crippen LogP contribution in [0.1, 0.15) is 25.3 Å². The Balaban J connectivity index is 1.94. The Kier molecular flexibility index (Phi) is 3.91. The Bertz CT molecular complexity index is 404. The van der Waals surface area contributed by atoms with Gasteiger partial charge in [-0.05, 0) is 25.8 Å². The number of thiocarbonyl (C=S) groups is 1. The number of hydrogen-bond acceptors (Lipinski definition) is 4. The molecule has 0 bridgehead atoms. The predicted octanol–water partition coefficient (Wildman–Crippen LogP) is 1.70. The van der Waals surface area contributed by atoms with Gasteiger partial charge >= 0.3 is 0 Å². The highest BCUT2D eigenvalue weighted by Crippen LogP contribution is 2.27. The van der Waals surface area contributed by atoms with Gasteiger partial charge in [0, 0.05) is 24.4 Å². The molecule has 0 aromatic carbocycles. The fourth-order valence-electron chi connectivity index (χ4n) is 2.00. The standard InChI is InChI=1S/C12H17N3OS/c1-2-16-9-5-8(6-9)15-11-7-14-4-3-10(11)12(13)17/h3-4,7-9,15H,2,5-6H2,1H3,(H2,13,17). The summed E-state index contributed by atoms with van der Waals surface area (Å²) in [5, 5.41) is 3.41. The number of nitrogens with zero attached hydrogens (tertiary/aromatic N) is 1. The molecule has 1 aromatic heterocycles. The van der Waals surface area contributed by atoms with Crippen molar-refractivity contribution in [1.82, 2.24) is 4.98 Å². The highest BCUT2D eigenvalue weighted by Gasteiger charge is 2.29. The molecule has 1 aliphatic rings. The van der Waals surface area contributed by atoms with Gasteiger partial charge in [-0.1, -0.05) is 12.2 Å². The first-order chi connectivity index (χ1) is 8.20. The summed E-state index contributed by atoms with van der Waals surface area (Å²) in [6.07, 6.45) is 5.91. The monoisotopic (exact) mass is 251 g/mol. The first-order valence-electron chi connectivity index (χ1n) is 5.82. The van der Waals surface area contributed by atoms with Gasteiger partial charge in [0.1, 0.15) is 4.99 Å². The molecule has 17 heavy (non-hydrogen) atoms. The quantitative estimate of drug-likeness (QED) is 0.780. The van der Waals surface area contributed by atoms with Gasteiger partial charge < -0.3 is 15.8 Å². The Morgan fingerprint density at radius 1 is 1.65 bits per heavy atom. The van der Waals surface area contributed by atoms with Crippen LogP contribution in [0.3, 0.4) is 0 Å². The van der Waals surface area contributed by atoms with Gasteiger partial charge in [-0.25, -0.2) is 0 Å². The lowest BCUT2D eigenvalue weighted by Crippen LogP contribution is -2.41. The Labute approximate surface area is 107 Å². The van der Waals surface area contributed by atoms with Gasteiger partial charge in [0.15, 0.2) is 0 Å². The van der Waals surface area contributed by atoms with Crippen LogP contribution in [0.25, 0.3) is 0 Å². The number of aromatic nitrogens is 1. The molecule has 0 aliphatic heterocycles. The van der Waals surface area contributed by atoms with Gasteiger partial charge in [0.2, 0.25) is 0 Å². The summed E-state index contributed by atoms with van der Waals surface area (Å²) in [6, 6.07) is 2.27. The van der Waals surface area contributed by atoms with E-state index in [0.29, 0.717) is 17.1 Å². The molecule has 1 heterocycles. The maximum Gasteiger partial charge on any atom is 0.106 e. The lowest BCUT2D eigenvalue weighted by molar-refractivity contribution is 0.00298. The zero-order valence-electron chi connectivity index (χ0n) is 9.85. The van der Waals surface area contributed by atoms with Gasteiger partial charge in [-0.2, -0.15) is 0 Å². The van der Waals surface area contributed by atoms with E-state index < -0.39 is 0 Å². The summed E-state index contributed by atoms with van der Waals surface area (Å²) in [6.45, 7) is 2.80. The molecular formula is C12H17N3OS. The first-order valence-corrected chi connectivity index (χ1v) is 6.23. The van der Waals surface area contributed by atoms with Gasteiger partial charge in [-0.3, -0.25) is 4.98 Å². The molecule has 0 amide bonds. The minimum absolute atomic E-state index is 0.391. The average Bonchev–Trinajstić information content (AvgIpc) is 2.26. The van der Waals surface area contributed by atoms with E-state index in [0.717, 1.165) is 30.7 Å². The summed E-state index contributed by atoms with van der Waals surface area (Å²) < 4.78 is 5.52. The SMILES string of the molecule is CCOC1CC(Nc2cnccc2C(N)=S)C1. The number of nitrogens with one attached hydrogen (secondary N) is 1. The molecule has 1 aromatic rings. The zero-order chi connectivity index (χ0) is 12.3. The topological polar surface area (TPSA) is 60.2 Å². The van der Waals surface area contributed by atoms with Gasteiger partial charge in [0.25, 0.3) is 0 Å². The summed E-state index contributed by atoms with van der Waals surface area (Å²) in [5.41, 5.74) is 7.44. The zero-order valence-corrected chi connectivity index (χ0v) is 10.7. The number of nitrogens with two attached hydrogens (primary N) is 1. The fraction of sp³-hybridized carbons (Fsp3) is 0.500. The van der Waals surface area contributed by atoms with Crippen molar-refractivity contribution in [3.05, 3.63) is 24.0 Å². The molecule has 1 fully saturated rings. The second-order valence-electron chi connectivity index (χ2n) is 4.18. The van der Waals surface area contributed by atoms with Gasteiger partial charge in [-0.15, -0.1) is 0 Å². The number of hydrogen-bond donors (Lipinski definition) is 2. The molecule has 92 valence electrons. The van der Waals surface area contributed by atoms with E-state index >= 15 is 0 Å². The van der Waals surface area contributed by atoms with E-state index in [1.165, 1.54) is 0 Å². The highest BCUT2D eigenvalue weighted by molar-refractivity contribution is 7.80. The number of anilines is 1. The van der Waals surface area contributed by atoms with Crippen LogP contribution < -0.4 is 11.1 Å². The summed E-state index contributed by atoms with van der Waals surface area (Å²) >= 11 is 5.01. The van der Waals surface area contributed by atoms with Crippen molar-refractivity contribution < 1.29 is 4.74 Å². The largest absolute Gasteiger partial charge is 0.389 e. The van der Waals surface area contributed by atoms with E-state index in [9.17, 15) is 0 Å². The smallest absolute Gasteiger partial charge is 0.106 e. The summed E-state index contributed by atoms with van der Waals surface area (Å²) in [4.78, 5) is 4.48. The molecule has 0 spiro atoms. The minimum atomic E-state index is 0.391. The molecule has 1 aliphatic carbocycles. The van der Waals surface area contributed by atoms with Crippen molar-refractivity contribution >= 4 is 22.9 Å². The molecule has 0 unspecified atom stereocenters. The highest BCUT2D eigenvalue weighted by atomic mass is 32.1. The maximum atomic E-state index is 5.66. The van der Waals surface area contributed by atoms with E-state index in [1.807, 2.05) is 13.0 Å². The number of pyridine rings is 1. The predicted molar refractivity (Wildman–Crippen MR) is 72.2 cm³/mol. The molecule has 3 N–H and O–H groups in total. The van der Waals surface area contributed by atoms with Crippen LogP contribution in [0, 0.1) is 0 Å². The Morgan fingerprint density at radius 3 is 3.06 bits per heavy atom. The van der Waals surface area contributed by atoms with Crippen molar-refractivity contribution in [2.75, 3.05) is 11.9 Å². The fourth-order valence-corrected chi connectivity index (χ4v) is 2.18. The third kappa shape index (κ3) is 2.92. The third-order valence-electron chi connectivity index (χ3n) is 2.94. The molecule has 0 atom stereocenters. The van der Waals surface area contributed by atoms with E-state index in [4.69, 9.17) is 22.7 Å². The van der Waals surface area contributed by atoms with Crippen LogP contribution in [0.2, 0.25) is 0 Å². The number of ether oxygens (including phenoxy) is 1.